The molecule has 0 fully saturated rings. The van der Waals surface area contributed by atoms with Crippen LogP contribution in [0.15, 0.2) is 6.07 Å². The fourth-order valence-corrected chi connectivity index (χ4v) is 2.66. The van der Waals surface area contributed by atoms with Gasteiger partial charge < -0.3 is 5.11 Å². The van der Waals surface area contributed by atoms with Crippen LogP contribution in [0, 0.1) is 3.57 Å². The lowest BCUT2D eigenvalue weighted by atomic mass is 10.2. The van der Waals surface area contributed by atoms with Crippen LogP contribution in [0.2, 0.25) is 0 Å². The molecule has 2 nitrogen and oxygen atoms in total. The maximum absolute atomic E-state index is 12.5. The highest BCUT2D eigenvalue weighted by molar-refractivity contribution is 14.1. The predicted octanol–water partition coefficient (Wildman–Crippen LogP) is 3.01. The van der Waals surface area contributed by atoms with Crippen LogP contribution < -0.4 is 0 Å². The van der Waals surface area contributed by atoms with Crippen LogP contribution >= 0.6 is 38.5 Å². The van der Waals surface area contributed by atoms with Crippen molar-refractivity contribution in [3.05, 3.63) is 26.6 Å². The maximum Gasteiger partial charge on any atom is 0.281 e. The van der Waals surface area contributed by atoms with E-state index in [4.69, 9.17) is 5.11 Å². The van der Waals surface area contributed by atoms with Gasteiger partial charge in [0, 0.05) is 8.90 Å². The average molecular weight is 378 g/mol. The molecule has 0 radical (unpaired) electrons. The third-order valence-electron chi connectivity index (χ3n) is 1.62. The van der Waals surface area contributed by atoms with E-state index in [0.717, 1.165) is 5.56 Å². The molecule has 0 amide bonds. The molecule has 1 aromatic heterocycles. The van der Waals surface area contributed by atoms with E-state index in [1.54, 1.807) is 6.07 Å². The Bertz CT molecular complexity index is 335. The highest BCUT2D eigenvalue weighted by Crippen LogP contribution is 2.27. The van der Waals surface area contributed by atoms with Gasteiger partial charge in [-0.3, -0.25) is 0 Å². The number of hydrogen-bond donors (Lipinski definition) is 1. The molecule has 0 spiro atoms. The Balaban J connectivity index is 3.27. The summed E-state index contributed by atoms with van der Waals surface area (Å²) in [5.41, 5.74) is 0.738. The fourth-order valence-electron chi connectivity index (χ4n) is 0.988. The van der Waals surface area contributed by atoms with Gasteiger partial charge in [0.1, 0.15) is 5.69 Å². The van der Waals surface area contributed by atoms with Crippen molar-refractivity contribution in [3.63, 3.8) is 0 Å². The van der Waals surface area contributed by atoms with Crippen LogP contribution in [0.5, 0.6) is 0 Å². The monoisotopic (exact) mass is 377 g/mol. The van der Waals surface area contributed by atoms with Gasteiger partial charge in [0.2, 0.25) is 0 Å². The minimum absolute atomic E-state index is 0.258. The number of hydrogen-bond acceptors (Lipinski definition) is 2. The van der Waals surface area contributed by atoms with Gasteiger partial charge in [-0.25, -0.2) is 13.8 Å². The largest absolute Gasteiger partial charge is 0.390 e. The Labute approximate surface area is 102 Å². The van der Waals surface area contributed by atoms with Crippen molar-refractivity contribution in [1.29, 1.82) is 0 Å². The summed E-state index contributed by atoms with van der Waals surface area (Å²) in [6, 6.07) is 1.61. The van der Waals surface area contributed by atoms with Gasteiger partial charge in [-0.05, 0) is 34.2 Å². The Morgan fingerprint density at radius 3 is 2.64 bits per heavy atom. The molecule has 0 aliphatic carbocycles. The number of pyridine rings is 1. The van der Waals surface area contributed by atoms with E-state index in [1.807, 2.05) is 22.6 Å². The number of halogens is 4. The number of rotatable bonds is 3. The first-order chi connectivity index (χ1) is 6.60. The van der Waals surface area contributed by atoms with Crippen LogP contribution in [0.4, 0.5) is 8.78 Å². The highest BCUT2D eigenvalue weighted by atomic mass is 127. The molecular formula is C8H7BrF2INO. The normalized spacial score (nSPS) is 11.0. The smallest absolute Gasteiger partial charge is 0.281 e. The molecule has 0 unspecified atom stereocenters. The second kappa shape index (κ2) is 5.32. The molecule has 1 rings (SSSR count). The van der Waals surface area contributed by atoms with Gasteiger partial charge in [0.15, 0.2) is 0 Å². The van der Waals surface area contributed by atoms with Gasteiger partial charge in [0.05, 0.1) is 12.3 Å². The van der Waals surface area contributed by atoms with Crippen LogP contribution in [-0.2, 0) is 11.9 Å². The summed E-state index contributed by atoms with van der Waals surface area (Å²) >= 11 is 5.03. The van der Waals surface area contributed by atoms with Crippen LogP contribution in [0.1, 0.15) is 23.4 Å². The predicted molar refractivity (Wildman–Crippen MR) is 60.5 cm³/mol. The lowest BCUT2D eigenvalue weighted by molar-refractivity contribution is 0.144. The van der Waals surface area contributed by atoms with Gasteiger partial charge in [0.25, 0.3) is 6.43 Å². The second-order valence-corrected chi connectivity index (χ2v) is 4.20. The zero-order valence-electron chi connectivity index (χ0n) is 6.98. The lowest BCUT2D eigenvalue weighted by Gasteiger charge is -2.08. The van der Waals surface area contributed by atoms with E-state index in [9.17, 15) is 8.78 Å². The third-order valence-corrected chi connectivity index (χ3v) is 3.47. The van der Waals surface area contributed by atoms with E-state index in [-0.39, 0.29) is 18.0 Å². The van der Waals surface area contributed by atoms with Crippen LogP contribution in [0.25, 0.3) is 0 Å². The Morgan fingerprint density at radius 2 is 2.21 bits per heavy atom. The van der Waals surface area contributed by atoms with Gasteiger partial charge >= 0.3 is 0 Å². The summed E-state index contributed by atoms with van der Waals surface area (Å²) in [6.45, 7) is -0.323. The number of aliphatic hydroxyl groups is 1. The molecule has 0 aliphatic rings. The van der Waals surface area contributed by atoms with E-state index in [2.05, 4.69) is 20.9 Å². The molecule has 14 heavy (non-hydrogen) atoms. The molecule has 0 aromatic carbocycles. The number of aliphatic hydroxyl groups excluding tert-OH is 1. The number of nitrogens with zero attached hydrogens (tertiary/aromatic N) is 1. The van der Waals surface area contributed by atoms with Crippen LogP contribution in [0.3, 0.4) is 0 Å². The number of alkyl halides is 3. The van der Waals surface area contributed by atoms with Crippen molar-refractivity contribution in [2.75, 3.05) is 0 Å². The molecule has 1 heterocycles. The van der Waals surface area contributed by atoms with Crippen molar-refractivity contribution < 1.29 is 13.9 Å². The Kier molecular flexibility index (Phi) is 4.65. The van der Waals surface area contributed by atoms with E-state index in [0.29, 0.717) is 8.90 Å². The summed E-state index contributed by atoms with van der Waals surface area (Å²) in [6.07, 6.45) is -2.61. The van der Waals surface area contributed by atoms with Crippen molar-refractivity contribution in [3.8, 4) is 0 Å². The maximum atomic E-state index is 12.5. The molecule has 0 bridgehead atoms. The van der Waals surface area contributed by atoms with E-state index in [1.165, 1.54) is 0 Å². The van der Waals surface area contributed by atoms with E-state index >= 15 is 0 Å². The zero-order chi connectivity index (χ0) is 10.7. The highest BCUT2D eigenvalue weighted by Gasteiger charge is 2.17. The average Bonchev–Trinajstić information content (AvgIpc) is 2.17. The summed E-state index contributed by atoms with van der Waals surface area (Å²) in [5, 5.41) is 9.30. The van der Waals surface area contributed by atoms with E-state index < -0.39 is 6.43 Å². The zero-order valence-corrected chi connectivity index (χ0v) is 10.7. The molecule has 0 saturated carbocycles. The van der Waals surface area contributed by atoms with Crippen LogP contribution in [-0.4, -0.2) is 10.1 Å². The minimum atomic E-state index is -2.61. The number of aromatic nitrogens is 1. The SMILES string of the molecule is OCc1cc(CBr)c(I)c(C(F)F)n1. The first-order valence-electron chi connectivity index (χ1n) is 3.73. The molecule has 1 aromatic rings. The summed E-state index contributed by atoms with van der Waals surface area (Å²) in [7, 11) is 0. The van der Waals surface area contributed by atoms with Crippen molar-refractivity contribution in [2.24, 2.45) is 0 Å². The van der Waals surface area contributed by atoms with Crippen molar-refractivity contribution >= 4 is 38.5 Å². The second-order valence-electron chi connectivity index (χ2n) is 2.56. The lowest BCUT2D eigenvalue weighted by Crippen LogP contribution is -2.03. The Hall–Kier alpha value is 0.180. The third kappa shape index (κ3) is 2.60. The first kappa shape index (κ1) is 12.3. The summed E-state index contributed by atoms with van der Waals surface area (Å²) in [4.78, 5) is 3.67. The molecule has 0 atom stereocenters. The molecule has 78 valence electrons. The molecule has 0 saturated heterocycles. The minimum Gasteiger partial charge on any atom is -0.390 e. The molecule has 0 aliphatic heterocycles. The molecule has 6 heteroatoms. The topological polar surface area (TPSA) is 33.1 Å². The van der Waals surface area contributed by atoms with Gasteiger partial charge in [-0.1, -0.05) is 15.9 Å². The van der Waals surface area contributed by atoms with Crippen molar-refractivity contribution in [2.45, 2.75) is 18.4 Å². The quantitative estimate of drug-likeness (QED) is 0.648. The molecule has 1 N–H and O–H groups in total. The summed E-state index contributed by atoms with van der Waals surface area (Å²) in [5.74, 6) is 0. The standard InChI is InChI=1S/C8H7BrF2INO/c9-2-4-1-5(3-14)13-7(6(4)12)8(10)11/h1,8,14H,2-3H2. The molecular weight excluding hydrogens is 371 g/mol. The van der Waals surface area contributed by atoms with Crippen molar-refractivity contribution in [1.82, 2.24) is 4.98 Å². The summed E-state index contributed by atoms with van der Waals surface area (Å²) < 4.78 is 25.4. The fraction of sp³-hybridized carbons (Fsp3) is 0.375. The Morgan fingerprint density at radius 1 is 1.57 bits per heavy atom. The van der Waals surface area contributed by atoms with Gasteiger partial charge in [-0.2, -0.15) is 0 Å². The first-order valence-corrected chi connectivity index (χ1v) is 5.93. The van der Waals surface area contributed by atoms with Gasteiger partial charge in [-0.15, -0.1) is 0 Å².